The Morgan fingerprint density at radius 2 is 1.48 bits per heavy atom. The first-order chi connectivity index (χ1) is 14.6. The number of halogens is 3. The van der Waals surface area contributed by atoms with Crippen molar-refractivity contribution in [2.24, 2.45) is 0 Å². The lowest BCUT2D eigenvalue weighted by atomic mass is 10.1. The third kappa shape index (κ3) is 5.23. The molecule has 1 saturated heterocycles. The Labute approximate surface area is 177 Å². The minimum absolute atomic E-state index is 0.0494. The smallest absolute Gasteiger partial charge is 0.417 e. The zero-order valence-electron chi connectivity index (χ0n) is 16.2. The van der Waals surface area contributed by atoms with Gasteiger partial charge in [-0.3, -0.25) is 4.79 Å². The van der Waals surface area contributed by atoms with Gasteiger partial charge in [-0.25, -0.2) is 13.2 Å². The summed E-state index contributed by atoms with van der Waals surface area (Å²) in [4.78, 5) is 25.8. The highest BCUT2D eigenvalue weighted by molar-refractivity contribution is 7.89. The van der Waals surface area contributed by atoms with Crippen LogP contribution in [0.1, 0.15) is 15.9 Å². The van der Waals surface area contributed by atoms with Crippen molar-refractivity contribution in [1.82, 2.24) is 9.21 Å². The topological polar surface area (TPSA) is 84.0 Å². The number of carbonyl (C=O) groups is 2. The van der Waals surface area contributed by atoms with Gasteiger partial charge >= 0.3 is 12.1 Å². The molecule has 2 aromatic rings. The number of amides is 1. The lowest BCUT2D eigenvalue weighted by Gasteiger charge is -2.33. The first-order valence-electron chi connectivity index (χ1n) is 9.27. The van der Waals surface area contributed by atoms with Crippen molar-refractivity contribution in [2.45, 2.75) is 11.1 Å². The minimum atomic E-state index is -4.74. The van der Waals surface area contributed by atoms with Crippen LogP contribution in [0.3, 0.4) is 0 Å². The normalized spacial score (nSPS) is 15.5. The van der Waals surface area contributed by atoms with Crippen molar-refractivity contribution in [3.63, 3.8) is 0 Å². The van der Waals surface area contributed by atoms with Crippen LogP contribution in [-0.2, 0) is 25.7 Å². The van der Waals surface area contributed by atoms with Crippen LogP contribution in [0.5, 0.6) is 0 Å². The monoisotopic (exact) mass is 456 g/mol. The van der Waals surface area contributed by atoms with Crippen LogP contribution in [0, 0.1) is 0 Å². The molecule has 166 valence electrons. The molecule has 0 atom stereocenters. The molecule has 0 aromatic heterocycles. The fraction of sp³-hybridized carbons (Fsp3) is 0.300. The van der Waals surface area contributed by atoms with Crippen LogP contribution < -0.4 is 0 Å². The average molecular weight is 456 g/mol. The highest BCUT2D eigenvalue weighted by Crippen LogP contribution is 2.32. The molecule has 1 amide bonds. The lowest BCUT2D eigenvalue weighted by Crippen LogP contribution is -2.51. The van der Waals surface area contributed by atoms with Crippen molar-refractivity contribution >= 4 is 21.9 Å². The summed E-state index contributed by atoms with van der Waals surface area (Å²) in [5.74, 6) is -1.87. The number of sulfonamides is 1. The van der Waals surface area contributed by atoms with E-state index in [0.717, 1.165) is 18.2 Å². The largest absolute Gasteiger partial charge is 0.452 e. The highest BCUT2D eigenvalue weighted by Gasteiger charge is 2.36. The van der Waals surface area contributed by atoms with E-state index in [1.165, 1.54) is 27.4 Å². The maximum atomic E-state index is 13.0. The third-order valence-electron chi connectivity index (χ3n) is 4.75. The zero-order valence-corrected chi connectivity index (χ0v) is 17.0. The summed E-state index contributed by atoms with van der Waals surface area (Å²) in [7, 11) is -3.69. The van der Waals surface area contributed by atoms with E-state index in [2.05, 4.69) is 0 Å². The number of ether oxygens (including phenoxy) is 1. The molecule has 0 radical (unpaired) electrons. The van der Waals surface area contributed by atoms with Crippen molar-refractivity contribution in [2.75, 3.05) is 32.8 Å². The van der Waals surface area contributed by atoms with Gasteiger partial charge in [-0.15, -0.1) is 0 Å². The number of esters is 1. The Kier molecular flexibility index (Phi) is 6.65. The number of rotatable bonds is 5. The van der Waals surface area contributed by atoms with Gasteiger partial charge in [0.25, 0.3) is 5.91 Å². The first-order valence-corrected chi connectivity index (χ1v) is 10.7. The predicted molar refractivity (Wildman–Crippen MR) is 104 cm³/mol. The van der Waals surface area contributed by atoms with E-state index >= 15 is 0 Å². The SMILES string of the molecule is O=C(OCC(=O)N1CCN(S(=O)(=O)c2ccccc2)CC1)c1ccccc1C(F)(F)F. The Morgan fingerprint density at radius 3 is 2.10 bits per heavy atom. The van der Waals surface area contributed by atoms with Gasteiger partial charge in [0.15, 0.2) is 6.61 Å². The summed E-state index contributed by atoms with van der Waals surface area (Å²) >= 11 is 0. The summed E-state index contributed by atoms with van der Waals surface area (Å²) in [5, 5.41) is 0. The first kappa shape index (κ1) is 22.8. The van der Waals surface area contributed by atoms with Gasteiger partial charge in [-0.05, 0) is 24.3 Å². The molecule has 1 aliphatic heterocycles. The Morgan fingerprint density at radius 1 is 0.903 bits per heavy atom. The number of benzene rings is 2. The van der Waals surface area contributed by atoms with Gasteiger partial charge in [0.2, 0.25) is 10.0 Å². The van der Waals surface area contributed by atoms with Crippen LogP contribution in [0.2, 0.25) is 0 Å². The average Bonchev–Trinajstić information content (AvgIpc) is 2.77. The molecule has 7 nitrogen and oxygen atoms in total. The predicted octanol–water partition coefficient (Wildman–Crippen LogP) is 2.40. The van der Waals surface area contributed by atoms with Gasteiger partial charge in [0, 0.05) is 26.2 Å². The van der Waals surface area contributed by atoms with Crippen molar-refractivity contribution < 1.29 is 35.9 Å². The van der Waals surface area contributed by atoms with Crippen molar-refractivity contribution in [3.05, 3.63) is 65.7 Å². The molecule has 0 aliphatic carbocycles. The van der Waals surface area contributed by atoms with Crippen molar-refractivity contribution in [3.8, 4) is 0 Å². The molecular formula is C20H19F3N2O5S. The Hall–Kier alpha value is -2.92. The molecule has 1 fully saturated rings. The number of carbonyl (C=O) groups excluding carboxylic acids is 2. The van der Waals surface area contributed by atoms with Gasteiger partial charge in [-0.2, -0.15) is 17.5 Å². The van der Waals surface area contributed by atoms with E-state index < -0.39 is 45.8 Å². The molecule has 1 heterocycles. The molecule has 11 heteroatoms. The number of alkyl halides is 3. The fourth-order valence-electron chi connectivity index (χ4n) is 3.12. The van der Waals surface area contributed by atoms with Crippen LogP contribution in [0.4, 0.5) is 13.2 Å². The second-order valence-electron chi connectivity index (χ2n) is 6.72. The quantitative estimate of drug-likeness (QED) is 0.646. The number of hydrogen-bond acceptors (Lipinski definition) is 5. The maximum Gasteiger partial charge on any atom is 0.417 e. The molecule has 0 saturated carbocycles. The van der Waals surface area contributed by atoms with E-state index in [9.17, 15) is 31.2 Å². The number of piperazine rings is 1. The van der Waals surface area contributed by atoms with Crippen LogP contribution >= 0.6 is 0 Å². The molecule has 2 aromatic carbocycles. The third-order valence-corrected chi connectivity index (χ3v) is 6.66. The summed E-state index contributed by atoms with van der Waals surface area (Å²) in [6, 6.07) is 12.0. The molecular weight excluding hydrogens is 437 g/mol. The van der Waals surface area contributed by atoms with Gasteiger partial charge in [-0.1, -0.05) is 30.3 Å². The molecule has 0 unspecified atom stereocenters. The molecule has 0 bridgehead atoms. The standard InChI is InChI=1S/C20H19F3N2O5S/c21-20(22,23)17-9-5-4-8-16(17)19(27)30-14-18(26)24-10-12-25(13-11-24)31(28,29)15-6-2-1-3-7-15/h1-9H,10-14H2. The van der Waals surface area contributed by atoms with Crippen LogP contribution in [-0.4, -0.2) is 62.3 Å². The summed E-state index contributed by atoms with van der Waals surface area (Å²) in [6.45, 7) is -0.499. The zero-order chi connectivity index (χ0) is 22.6. The second kappa shape index (κ2) is 9.06. The highest BCUT2D eigenvalue weighted by atomic mass is 32.2. The van der Waals surface area contributed by atoms with Gasteiger partial charge < -0.3 is 9.64 Å². The van der Waals surface area contributed by atoms with Gasteiger partial charge in [0.05, 0.1) is 16.0 Å². The summed E-state index contributed by atoms with van der Waals surface area (Å²) in [5.41, 5.74) is -1.83. The maximum absolute atomic E-state index is 13.0. The lowest BCUT2D eigenvalue weighted by molar-refractivity contribution is -0.138. The number of hydrogen-bond donors (Lipinski definition) is 0. The summed E-state index contributed by atoms with van der Waals surface area (Å²) in [6.07, 6.45) is -4.74. The molecule has 1 aliphatic rings. The Balaban J connectivity index is 1.56. The van der Waals surface area contributed by atoms with E-state index in [0.29, 0.717) is 0 Å². The van der Waals surface area contributed by atoms with E-state index in [1.54, 1.807) is 18.2 Å². The number of nitrogens with zero attached hydrogens (tertiary/aromatic N) is 2. The molecule has 3 rings (SSSR count). The van der Waals surface area contributed by atoms with Gasteiger partial charge in [0.1, 0.15) is 0 Å². The molecule has 31 heavy (non-hydrogen) atoms. The summed E-state index contributed by atoms with van der Waals surface area (Å²) < 4.78 is 70.3. The molecule has 0 spiro atoms. The van der Waals surface area contributed by atoms with Crippen molar-refractivity contribution in [1.29, 1.82) is 0 Å². The second-order valence-corrected chi connectivity index (χ2v) is 8.66. The fourth-order valence-corrected chi connectivity index (χ4v) is 4.57. The minimum Gasteiger partial charge on any atom is -0.452 e. The molecule has 0 N–H and O–H groups in total. The van der Waals surface area contributed by atoms with Crippen LogP contribution in [0.25, 0.3) is 0 Å². The van der Waals surface area contributed by atoms with E-state index in [4.69, 9.17) is 4.74 Å². The van der Waals surface area contributed by atoms with Crippen LogP contribution in [0.15, 0.2) is 59.5 Å². The van der Waals surface area contributed by atoms with E-state index in [1.807, 2.05) is 0 Å². The van der Waals surface area contributed by atoms with E-state index in [-0.39, 0.29) is 31.1 Å². The Bertz CT molecular complexity index is 1050.